The zero-order chi connectivity index (χ0) is 18.1. The second kappa shape index (κ2) is 6.45. The van der Waals surface area contributed by atoms with Crippen molar-refractivity contribution in [3.05, 3.63) is 41.4 Å². The van der Waals surface area contributed by atoms with Crippen LogP contribution in [0.15, 0.2) is 18.6 Å². The van der Waals surface area contributed by atoms with E-state index in [0.29, 0.717) is 40.5 Å². The van der Waals surface area contributed by atoms with Crippen LogP contribution >= 0.6 is 0 Å². The van der Waals surface area contributed by atoms with Crippen LogP contribution in [0.2, 0.25) is 0 Å². The minimum Gasteiger partial charge on any atom is -0.358 e. The van der Waals surface area contributed by atoms with E-state index in [9.17, 15) is 4.39 Å². The van der Waals surface area contributed by atoms with Crippen molar-refractivity contribution < 1.29 is 4.39 Å². The molecule has 0 spiro atoms. The SMILES string of the molecule is CNc1ncc(-c2cnc(CN(C)C)c(F)c2C)c2nc(C#N)cn12. The number of anilines is 1. The lowest BCUT2D eigenvalue weighted by Gasteiger charge is -2.14. The van der Waals surface area contributed by atoms with Crippen LogP contribution < -0.4 is 5.32 Å². The number of nitrogens with zero attached hydrogens (tertiary/aromatic N) is 6. The van der Waals surface area contributed by atoms with Gasteiger partial charge in [0.15, 0.2) is 11.3 Å². The lowest BCUT2D eigenvalue weighted by molar-refractivity contribution is 0.385. The highest BCUT2D eigenvalue weighted by Gasteiger charge is 2.18. The maximum absolute atomic E-state index is 14.7. The second-order valence-electron chi connectivity index (χ2n) is 5.97. The molecule has 0 saturated heterocycles. The second-order valence-corrected chi connectivity index (χ2v) is 5.97. The molecule has 0 aliphatic carbocycles. The molecule has 0 radical (unpaired) electrons. The minimum absolute atomic E-state index is 0.265. The molecule has 3 rings (SSSR count). The van der Waals surface area contributed by atoms with Crippen LogP contribution in [-0.4, -0.2) is 45.4 Å². The average Bonchev–Trinajstić information content (AvgIpc) is 3.03. The summed E-state index contributed by atoms with van der Waals surface area (Å²) in [5.41, 5.74) is 2.90. The van der Waals surface area contributed by atoms with Gasteiger partial charge < -0.3 is 10.2 Å². The molecule has 0 aromatic carbocycles. The Morgan fingerprint density at radius 2 is 2.00 bits per heavy atom. The summed E-state index contributed by atoms with van der Waals surface area (Å²) in [7, 11) is 5.46. The number of halogens is 1. The van der Waals surface area contributed by atoms with Gasteiger partial charge in [0.1, 0.15) is 11.9 Å². The van der Waals surface area contributed by atoms with Gasteiger partial charge in [0, 0.05) is 37.1 Å². The summed E-state index contributed by atoms with van der Waals surface area (Å²) in [6, 6.07) is 2.02. The van der Waals surface area contributed by atoms with Gasteiger partial charge in [-0.25, -0.2) is 14.4 Å². The number of imidazole rings is 1. The van der Waals surface area contributed by atoms with Crippen molar-refractivity contribution >= 4 is 11.6 Å². The van der Waals surface area contributed by atoms with Gasteiger partial charge >= 0.3 is 0 Å². The first-order chi connectivity index (χ1) is 12.0. The first kappa shape index (κ1) is 16.8. The zero-order valence-corrected chi connectivity index (χ0v) is 14.5. The Labute approximate surface area is 144 Å². The van der Waals surface area contributed by atoms with E-state index < -0.39 is 0 Å². The van der Waals surface area contributed by atoms with Gasteiger partial charge in [0.25, 0.3) is 0 Å². The van der Waals surface area contributed by atoms with Crippen LogP contribution in [0.5, 0.6) is 0 Å². The fourth-order valence-electron chi connectivity index (χ4n) is 2.72. The Bertz CT molecular complexity index is 985. The molecule has 0 atom stereocenters. The first-order valence-electron chi connectivity index (χ1n) is 7.71. The van der Waals surface area contributed by atoms with Crippen molar-refractivity contribution in [1.82, 2.24) is 24.3 Å². The molecule has 128 valence electrons. The average molecular weight is 339 g/mol. The molecule has 0 unspecified atom stereocenters. The molecule has 0 saturated carbocycles. The van der Waals surface area contributed by atoms with Gasteiger partial charge in [-0.1, -0.05) is 0 Å². The molecule has 1 N–H and O–H groups in total. The van der Waals surface area contributed by atoms with E-state index in [1.54, 1.807) is 37.0 Å². The summed E-state index contributed by atoms with van der Waals surface area (Å²) in [4.78, 5) is 14.8. The third kappa shape index (κ3) is 2.90. The van der Waals surface area contributed by atoms with Crippen molar-refractivity contribution in [3.8, 4) is 17.2 Å². The number of aromatic nitrogens is 4. The smallest absolute Gasteiger partial charge is 0.208 e. The van der Waals surface area contributed by atoms with Crippen molar-refractivity contribution in [1.29, 1.82) is 5.26 Å². The van der Waals surface area contributed by atoms with Crippen LogP contribution in [0.3, 0.4) is 0 Å². The minimum atomic E-state index is -0.339. The van der Waals surface area contributed by atoms with Crippen molar-refractivity contribution in [2.45, 2.75) is 13.5 Å². The predicted octanol–water partition coefficient (Wildman–Crippen LogP) is 2.21. The molecular formula is C17H18FN7. The predicted molar refractivity (Wildman–Crippen MR) is 92.6 cm³/mol. The summed E-state index contributed by atoms with van der Waals surface area (Å²) in [5, 5.41) is 12.1. The summed E-state index contributed by atoms with van der Waals surface area (Å²) >= 11 is 0. The Morgan fingerprint density at radius 3 is 2.64 bits per heavy atom. The van der Waals surface area contributed by atoms with E-state index in [0.717, 1.165) is 0 Å². The standard InChI is InChI=1S/C17H18FN7/c1-10-12(6-21-14(15(10)18)9-24(3)4)13-7-22-17(20-2)25-8-11(5-19)23-16(13)25/h6-8H,9H2,1-4H3,(H,20,22). The molecular weight excluding hydrogens is 321 g/mol. The van der Waals surface area contributed by atoms with Crippen LogP contribution in [0, 0.1) is 24.1 Å². The molecule has 3 aromatic rings. The molecule has 8 heteroatoms. The van der Waals surface area contributed by atoms with Crippen LogP contribution in [-0.2, 0) is 6.54 Å². The molecule has 0 amide bonds. The number of rotatable bonds is 4. The molecule has 3 heterocycles. The summed E-state index contributed by atoms with van der Waals surface area (Å²) in [6.07, 6.45) is 4.84. The van der Waals surface area contributed by atoms with Gasteiger partial charge in [-0.2, -0.15) is 5.26 Å². The fraction of sp³-hybridized carbons (Fsp3) is 0.294. The van der Waals surface area contributed by atoms with Gasteiger partial charge in [-0.15, -0.1) is 0 Å². The topological polar surface area (TPSA) is 82.1 Å². The normalized spacial score (nSPS) is 11.1. The summed E-state index contributed by atoms with van der Waals surface area (Å²) in [6.45, 7) is 2.13. The number of nitriles is 1. The van der Waals surface area contributed by atoms with E-state index in [2.05, 4.69) is 20.3 Å². The molecule has 0 fully saturated rings. The van der Waals surface area contributed by atoms with Gasteiger partial charge in [-0.05, 0) is 26.6 Å². The van der Waals surface area contributed by atoms with Crippen molar-refractivity contribution in [2.24, 2.45) is 0 Å². The van der Waals surface area contributed by atoms with E-state index >= 15 is 0 Å². The highest BCUT2D eigenvalue weighted by molar-refractivity contribution is 5.80. The van der Waals surface area contributed by atoms with Crippen LogP contribution in [0.1, 0.15) is 17.0 Å². The molecule has 7 nitrogen and oxygen atoms in total. The molecule has 25 heavy (non-hydrogen) atoms. The maximum atomic E-state index is 14.7. The largest absolute Gasteiger partial charge is 0.358 e. The third-order valence-electron chi connectivity index (χ3n) is 3.92. The zero-order valence-electron chi connectivity index (χ0n) is 14.5. The van der Waals surface area contributed by atoms with E-state index in [1.807, 2.05) is 25.1 Å². The quantitative estimate of drug-likeness (QED) is 0.785. The highest BCUT2D eigenvalue weighted by atomic mass is 19.1. The highest BCUT2D eigenvalue weighted by Crippen LogP contribution is 2.30. The number of hydrogen-bond acceptors (Lipinski definition) is 6. The van der Waals surface area contributed by atoms with Gasteiger partial charge in [0.2, 0.25) is 5.95 Å². The number of pyridine rings is 1. The number of fused-ring (bicyclic) bond motifs is 1. The van der Waals surface area contributed by atoms with E-state index in [4.69, 9.17) is 5.26 Å². The Hall–Kier alpha value is -3.05. The van der Waals surface area contributed by atoms with Gasteiger partial charge in [-0.3, -0.25) is 9.38 Å². The lowest BCUT2D eigenvalue weighted by atomic mass is 10.0. The summed E-state index contributed by atoms with van der Waals surface area (Å²) < 4.78 is 16.4. The van der Waals surface area contributed by atoms with Crippen molar-refractivity contribution in [2.75, 3.05) is 26.5 Å². The first-order valence-corrected chi connectivity index (χ1v) is 7.71. The molecule has 0 aliphatic rings. The Morgan fingerprint density at radius 1 is 1.28 bits per heavy atom. The van der Waals surface area contributed by atoms with E-state index in [-0.39, 0.29) is 11.5 Å². The number of hydrogen-bond donors (Lipinski definition) is 1. The Balaban J connectivity index is 2.22. The van der Waals surface area contributed by atoms with Crippen LogP contribution in [0.25, 0.3) is 16.8 Å². The number of nitrogens with one attached hydrogen (secondary N) is 1. The monoisotopic (exact) mass is 339 g/mol. The van der Waals surface area contributed by atoms with Crippen LogP contribution in [0.4, 0.5) is 10.3 Å². The summed E-state index contributed by atoms with van der Waals surface area (Å²) in [5.74, 6) is 0.206. The molecule has 0 aliphatic heterocycles. The Kier molecular flexibility index (Phi) is 4.33. The molecule has 3 aromatic heterocycles. The fourth-order valence-corrected chi connectivity index (χ4v) is 2.72. The van der Waals surface area contributed by atoms with Crippen molar-refractivity contribution in [3.63, 3.8) is 0 Å². The maximum Gasteiger partial charge on any atom is 0.208 e. The molecule has 0 bridgehead atoms. The van der Waals surface area contributed by atoms with Gasteiger partial charge in [0.05, 0.1) is 11.9 Å². The third-order valence-corrected chi connectivity index (χ3v) is 3.92. The van der Waals surface area contributed by atoms with E-state index in [1.165, 1.54) is 0 Å². The lowest BCUT2D eigenvalue weighted by Crippen LogP contribution is -2.14.